The Morgan fingerprint density at radius 2 is 2.00 bits per heavy atom. The number of methoxy groups -OCH3 is 2. The summed E-state index contributed by atoms with van der Waals surface area (Å²) >= 11 is 0. The Morgan fingerprint density at radius 1 is 1.28 bits per heavy atom. The zero-order chi connectivity index (χ0) is 20.6. The number of aliphatic imine (C=N–C) groups is 1. The lowest BCUT2D eigenvalue weighted by Gasteiger charge is -2.63. The van der Waals surface area contributed by atoms with Gasteiger partial charge in [0.1, 0.15) is 0 Å². The Morgan fingerprint density at radius 3 is 2.62 bits per heavy atom. The summed E-state index contributed by atoms with van der Waals surface area (Å²) in [4.78, 5) is 7.05. The third kappa shape index (κ3) is 3.35. The summed E-state index contributed by atoms with van der Waals surface area (Å²) in [6.45, 7) is 6.66. The number of benzene rings is 1. The molecule has 1 spiro atoms. The van der Waals surface area contributed by atoms with E-state index in [0.29, 0.717) is 23.5 Å². The molecule has 160 valence electrons. The first-order valence-corrected chi connectivity index (χ1v) is 10.9. The fourth-order valence-electron chi connectivity index (χ4n) is 5.54. The van der Waals surface area contributed by atoms with E-state index in [-0.39, 0.29) is 0 Å². The molecule has 3 fully saturated rings. The van der Waals surface area contributed by atoms with E-state index < -0.39 is 0 Å². The Balaban J connectivity index is 1.50. The minimum Gasteiger partial charge on any atom is -0.493 e. The van der Waals surface area contributed by atoms with E-state index >= 15 is 0 Å². The molecule has 3 atom stereocenters. The van der Waals surface area contributed by atoms with Crippen molar-refractivity contribution >= 4 is 5.96 Å². The fraction of sp³-hybridized carbons (Fsp3) is 0.696. The molecule has 1 aromatic rings. The molecule has 1 heterocycles. The number of fused-ring (bicyclic) bond motifs is 2. The zero-order valence-corrected chi connectivity index (χ0v) is 18.5. The highest BCUT2D eigenvalue weighted by molar-refractivity contribution is 5.80. The molecule has 1 aromatic carbocycles. The van der Waals surface area contributed by atoms with Gasteiger partial charge < -0.3 is 24.4 Å². The molecule has 6 heteroatoms. The first kappa shape index (κ1) is 20.3. The lowest BCUT2D eigenvalue weighted by molar-refractivity contribution is -0.171. The van der Waals surface area contributed by atoms with Crippen molar-refractivity contribution in [1.29, 1.82) is 0 Å². The average Bonchev–Trinajstić information content (AvgIpc) is 3.09. The van der Waals surface area contributed by atoms with E-state index in [9.17, 15) is 0 Å². The molecule has 1 saturated heterocycles. The van der Waals surface area contributed by atoms with Gasteiger partial charge in [0, 0.05) is 44.1 Å². The van der Waals surface area contributed by atoms with Crippen LogP contribution in [0.25, 0.3) is 0 Å². The monoisotopic (exact) mass is 401 g/mol. The van der Waals surface area contributed by atoms with Crippen LogP contribution in [0.3, 0.4) is 0 Å². The van der Waals surface area contributed by atoms with Gasteiger partial charge in [-0.25, -0.2) is 0 Å². The van der Waals surface area contributed by atoms with Crippen LogP contribution in [0.4, 0.5) is 0 Å². The SMILES string of the molecule is CCN=C(NC1C2CCOC2C12CCC2)N(C)Cc1cc(OC)c(OC)cc1C. The number of guanidine groups is 1. The molecule has 0 amide bonds. The number of nitrogens with zero attached hydrogens (tertiary/aromatic N) is 2. The van der Waals surface area contributed by atoms with Crippen molar-refractivity contribution < 1.29 is 14.2 Å². The molecule has 4 rings (SSSR count). The van der Waals surface area contributed by atoms with Crippen LogP contribution in [0.2, 0.25) is 0 Å². The van der Waals surface area contributed by atoms with Gasteiger partial charge in [0.25, 0.3) is 0 Å². The first-order valence-electron chi connectivity index (χ1n) is 10.9. The summed E-state index contributed by atoms with van der Waals surface area (Å²) in [5.74, 6) is 3.16. The Hall–Kier alpha value is -1.95. The molecule has 0 radical (unpaired) electrons. The molecule has 2 aliphatic carbocycles. The predicted molar refractivity (Wildman–Crippen MR) is 115 cm³/mol. The Labute approximate surface area is 174 Å². The first-order chi connectivity index (χ1) is 14.0. The van der Waals surface area contributed by atoms with Gasteiger partial charge in [-0.1, -0.05) is 6.42 Å². The van der Waals surface area contributed by atoms with Crippen molar-refractivity contribution in [1.82, 2.24) is 10.2 Å². The summed E-state index contributed by atoms with van der Waals surface area (Å²) in [6.07, 6.45) is 5.52. The van der Waals surface area contributed by atoms with Crippen LogP contribution in [0.15, 0.2) is 17.1 Å². The van der Waals surface area contributed by atoms with Crippen molar-refractivity contribution in [2.24, 2.45) is 16.3 Å². The largest absolute Gasteiger partial charge is 0.493 e. The third-order valence-electron chi connectivity index (χ3n) is 7.24. The van der Waals surface area contributed by atoms with Gasteiger partial charge in [-0.2, -0.15) is 0 Å². The van der Waals surface area contributed by atoms with Crippen LogP contribution in [0.5, 0.6) is 11.5 Å². The third-order valence-corrected chi connectivity index (χ3v) is 7.24. The highest BCUT2D eigenvalue weighted by Gasteiger charge is 2.66. The minimum atomic E-state index is 0.343. The van der Waals surface area contributed by atoms with Crippen LogP contribution < -0.4 is 14.8 Å². The van der Waals surface area contributed by atoms with E-state index in [1.54, 1.807) is 14.2 Å². The van der Waals surface area contributed by atoms with Crippen molar-refractivity contribution in [3.63, 3.8) is 0 Å². The maximum atomic E-state index is 6.08. The summed E-state index contributed by atoms with van der Waals surface area (Å²) in [5.41, 5.74) is 2.74. The van der Waals surface area contributed by atoms with Crippen LogP contribution in [-0.2, 0) is 11.3 Å². The van der Waals surface area contributed by atoms with Crippen molar-refractivity contribution in [2.75, 3.05) is 34.4 Å². The molecular weight excluding hydrogens is 366 g/mol. The highest BCUT2D eigenvalue weighted by atomic mass is 16.5. The molecular formula is C23H35N3O3. The van der Waals surface area contributed by atoms with E-state index in [2.05, 4.69) is 37.2 Å². The number of hydrogen-bond acceptors (Lipinski definition) is 4. The van der Waals surface area contributed by atoms with Crippen molar-refractivity contribution in [3.05, 3.63) is 23.3 Å². The molecule has 0 bridgehead atoms. The van der Waals surface area contributed by atoms with Crippen LogP contribution in [0, 0.1) is 18.3 Å². The second-order valence-electron chi connectivity index (χ2n) is 8.74. The molecule has 1 N–H and O–H groups in total. The summed E-state index contributed by atoms with van der Waals surface area (Å²) in [5, 5.41) is 3.85. The lowest BCUT2D eigenvalue weighted by atomic mass is 9.46. The molecule has 2 saturated carbocycles. The quantitative estimate of drug-likeness (QED) is 0.585. The highest BCUT2D eigenvalue weighted by Crippen LogP contribution is 2.62. The van der Waals surface area contributed by atoms with E-state index in [1.165, 1.54) is 36.8 Å². The minimum absolute atomic E-state index is 0.343. The Kier molecular flexibility index (Phi) is 5.65. The molecule has 3 unspecified atom stereocenters. The summed E-state index contributed by atoms with van der Waals surface area (Å²) in [7, 11) is 5.47. The number of rotatable bonds is 6. The van der Waals surface area contributed by atoms with Crippen molar-refractivity contribution in [2.45, 2.75) is 58.2 Å². The topological polar surface area (TPSA) is 55.3 Å². The fourth-order valence-corrected chi connectivity index (χ4v) is 5.54. The number of aryl methyl sites for hydroxylation is 1. The molecule has 6 nitrogen and oxygen atoms in total. The average molecular weight is 402 g/mol. The summed E-state index contributed by atoms with van der Waals surface area (Å²) < 4.78 is 17.0. The predicted octanol–water partition coefficient (Wildman–Crippen LogP) is 3.37. The number of hydrogen-bond donors (Lipinski definition) is 1. The summed E-state index contributed by atoms with van der Waals surface area (Å²) in [6, 6.07) is 4.61. The maximum Gasteiger partial charge on any atom is 0.194 e. The zero-order valence-electron chi connectivity index (χ0n) is 18.5. The lowest BCUT2D eigenvalue weighted by Crippen LogP contribution is -2.72. The van der Waals surface area contributed by atoms with Crippen LogP contribution in [-0.4, -0.2) is 57.4 Å². The second kappa shape index (κ2) is 8.05. The van der Waals surface area contributed by atoms with Gasteiger partial charge >= 0.3 is 0 Å². The van der Waals surface area contributed by atoms with E-state index in [0.717, 1.165) is 37.2 Å². The molecule has 0 aromatic heterocycles. The van der Waals surface area contributed by atoms with E-state index in [1.807, 2.05) is 6.07 Å². The molecule has 3 aliphatic rings. The van der Waals surface area contributed by atoms with Gasteiger partial charge in [0.2, 0.25) is 0 Å². The molecule has 1 aliphatic heterocycles. The van der Waals surface area contributed by atoms with Gasteiger partial charge in [-0.3, -0.25) is 4.99 Å². The van der Waals surface area contributed by atoms with Crippen LogP contribution >= 0.6 is 0 Å². The normalized spacial score (nSPS) is 27.1. The van der Waals surface area contributed by atoms with Gasteiger partial charge in [-0.15, -0.1) is 0 Å². The van der Waals surface area contributed by atoms with E-state index in [4.69, 9.17) is 19.2 Å². The Bertz CT molecular complexity index is 775. The second-order valence-corrected chi connectivity index (χ2v) is 8.74. The number of nitrogens with one attached hydrogen (secondary N) is 1. The molecule has 29 heavy (non-hydrogen) atoms. The smallest absolute Gasteiger partial charge is 0.194 e. The van der Waals surface area contributed by atoms with Crippen molar-refractivity contribution in [3.8, 4) is 11.5 Å². The van der Waals surface area contributed by atoms with Gasteiger partial charge in [-0.05, 0) is 56.4 Å². The van der Waals surface area contributed by atoms with Crippen LogP contribution in [0.1, 0.15) is 43.7 Å². The maximum absolute atomic E-state index is 6.08. The number of ether oxygens (including phenoxy) is 3. The standard InChI is InChI=1S/C23H35N3O3/c1-6-24-22(25-20-17-8-11-29-21(17)23(20)9-7-10-23)26(3)14-16-13-19(28-5)18(27-4)12-15(16)2/h12-13,17,20-21H,6-11,14H2,1-5H3,(H,24,25). The van der Waals surface area contributed by atoms with Gasteiger partial charge in [0.05, 0.1) is 20.3 Å². The van der Waals surface area contributed by atoms with Gasteiger partial charge in [0.15, 0.2) is 17.5 Å².